The molecular formula is C41H25BrN6. The molecule has 226 valence electrons. The monoisotopic (exact) mass is 680 g/mol. The van der Waals surface area contributed by atoms with Gasteiger partial charge in [-0.3, -0.25) is 4.40 Å². The summed E-state index contributed by atoms with van der Waals surface area (Å²) in [7, 11) is 0. The van der Waals surface area contributed by atoms with Gasteiger partial charge in [0.05, 0.1) is 11.2 Å². The lowest BCUT2D eigenvalue weighted by Crippen LogP contribution is -2.00. The molecule has 9 aromatic rings. The highest BCUT2D eigenvalue weighted by Crippen LogP contribution is 2.38. The van der Waals surface area contributed by atoms with Gasteiger partial charge in [-0.1, -0.05) is 133 Å². The van der Waals surface area contributed by atoms with Crippen molar-refractivity contribution in [1.82, 2.24) is 29.3 Å². The van der Waals surface area contributed by atoms with Crippen LogP contribution in [0.2, 0.25) is 0 Å². The number of imidazole rings is 1. The van der Waals surface area contributed by atoms with Crippen LogP contribution in [0.4, 0.5) is 0 Å². The SMILES string of the molecule is Brc1c(-c2ccccc2)nc2c3c(ccn12)c(-c1ccc(-c2nc(-c4ccccc4)nc(-c4ccccc4)n2)cc1)nc1ccccc13. The molecule has 0 radical (unpaired) electrons. The topological polar surface area (TPSA) is 68.9 Å². The summed E-state index contributed by atoms with van der Waals surface area (Å²) >= 11 is 3.84. The Hall–Kier alpha value is -6.05. The summed E-state index contributed by atoms with van der Waals surface area (Å²) in [5.74, 6) is 1.88. The number of para-hydroxylation sites is 1. The van der Waals surface area contributed by atoms with Crippen LogP contribution in [-0.2, 0) is 0 Å². The van der Waals surface area contributed by atoms with E-state index in [1.807, 2.05) is 84.9 Å². The average molecular weight is 682 g/mol. The summed E-state index contributed by atoms with van der Waals surface area (Å²) in [5, 5.41) is 3.15. The van der Waals surface area contributed by atoms with E-state index in [0.717, 1.165) is 71.1 Å². The van der Waals surface area contributed by atoms with Gasteiger partial charge in [0, 0.05) is 50.2 Å². The van der Waals surface area contributed by atoms with Crippen molar-refractivity contribution in [2.75, 3.05) is 0 Å². The summed E-state index contributed by atoms with van der Waals surface area (Å²) in [6, 6.07) is 49.0. The summed E-state index contributed by atoms with van der Waals surface area (Å²) in [4.78, 5) is 25.0. The van der Waals surface area contributed by atoms with E-state index in [2.05, 4.69) is 87.2 Å². The number of rotatable bonds is 5. The van der Waals surface area contributed by atoms with E-state index in [1.54, 1.807) is 0 Å². The van der Waals surface area contributed by atoms with Crippen LogP contribution < -0.4 is 0 Å². The van der Waals surface area contributed by atoms with E-state index in [0.29, 0.717) is 17.5 Å². The molecule has 4 aromatic heterocycles. The number of nitrogens with zero attached hydrogens (tertiary/aromatic N) is 6. The lowest BCUT2D eigenvalue weighted by molar-refractivity contribution is 1.07. The number of hydrogen-bond donors (Lipinski definition) is 0. The van der Waals surface area contributed by atoms with E-state index in [-0.39, 0.29) is 0 Å². The second-order valence-electron chi connectivity index (χ2n) is 11.5. The number of pyridine rings is 2. The standard InChI is InChI=1S/C41H25BrN6/c42-37-36(26-12-4-1-5-13-26)44-41-34-31-18-10-11-19-33(31)43-35(32(34)24-25-48(37)41)27-20-22-30(23-21-27)40-46-38(28-14-6-2-7-15-28)45-39(47-40)29-16-8-3-9-17-29/h1-25H. The van der Waals surface area contributed by atoms with Crippen LogP contribution in [0.5, 0.6) is 0 Å². The van der Waals surface area contributed by atoms with Crippen molar-refractivity contribution in [2.45, 2.75) is 0 Å². The first kappa shape index (κ1) is 28.2. The molecule has 48 heavy (non-hydrogen) atoms. The lowest BCUT2D eigenvalue weighted by Gasteiger charge is -2.12. The van der Waals surface area contributed by atoms with Gasteiger partial charge >= 0.3 is 0 Å². The fourth-order valence-corrected chi connectivity index (χ4v) is 6.82. The van der Waals surface area contributed by atoms with Gasteiger partial charge < -0.3 is 0 Å². The Balaban J connectivity index is 1.20. The molecule has 0 atom stereocenters. The van der Waals surface area contributed by atoms with E-state index in [4.69, 9.17) is 24.9 Å². The molecule has 0 unspecified atom stereocenters. The highest BCUT2D eigenvalue weighted by molar-refractivity contribution is 9.10. The molecule has 0 saturated carbocycles. The van der Waals surface area contributed by atoms with Crippen LogP contribution in [0.25, 0.3) is 84.0 Å². The predicted molar refractivity (Wildman–Crippen MR) is 196 cm³/mol. The Morgan fingerprint density at radius 1 is 0.396 bits per heavy atom. The molecule has 0 saturated heterocycles. The molecule has 6 nitrogen and oxygen atoms in total. The third-order valence-corrected chi connectivity index (χ3v) is 9.32. The summed E-state index contributed by atoms with van der Waals surface area (Å²) in [6.45, 7) is 0. The molecule has 5 aromatic carbocycles. The normalized spacial score (nSPS) is 11.4. The Labute approximate surface area is 284 Å². The molecule has 0 aliphatic rings. The number of benzene rings is 5. The number of hydrogen-bond acceptors (Lipinski definition) is 5. The Kier molecular flexibility index (Phi) is 6.83. The van der Waals surface area contributed by atoms with Crippen molar-refractivity contribution in [3.63, 3.8) is 0 Å². The largest absolute Gasteiger partial charge is 0.293 e. The highest BCUT2D eigenvalue weighted by Gasteiger charge is 2.19. The Morgan fingerprint density at radius 2 is 0.875 bits per heavy atom. The van der Waals surface area contributed by atoms with E-state index in [9.17, 15) is 0 Å². The summed E-state index contributed by atoms with van der Waals surface area (Å²) < 4.78 is 3.03. The zero-order chi connectivity index (χ0) is 32.0. The van der Waals surface area contributed by atoms with Gasteiger partial charge in [0.15, 0.2) is 17.5 Å². The smallest absolute Gasteiger partial charge is 0.164 e. The zero-order valence-corrected chi connectivity index (χ0v) is 27.1. The summed E-state index contributed by atoms with van der Waals surface area (Å²) in [5.41, 5.74) is 8.40. The fourth-order valence-electron chi connectivity index (χ4n) is 6.22. The lowest BCUT2D eigenvalue weighted by atomic mass is 10.00. The van der Waals surface area contributed by atoms with Crippen molar-refractivity contribution < 1.29 is 0 Å². The van der Waals surface area contributed by atoms with Crippen molar-refractivity contribution >= 4 is 43.3 Å². The van der Waals surface area contributed by atoms with Gasteiger partial charge in [0.25, 0.3) is 0 Å². The Morgan fingerprint density at radius 3 is 1.48 bits per heavy atom. The third-order valence-electron chi connectivity index (χ3n) is 8.56. The van der Waals surface area contributed by atoms with Crippen LogP contribution in [0.3, 0.4) is 0 Å². The minimum atomic E-state index is 0.614. The maximum absolute atomic E-state index is 5.19. The number of fused-ring (bicyclic) bond motifs is 5. The summed E-state index contributed by atoms with van der Waals surface area (Å²) in [6.07, 6.45) is 2.07. The fraction of sp³-hybridized carbons (Fsp3) is 0. The van der Waals surface area contributed by atoms with Gasteiger partial charge in [0.1, 0.15) is 15.9 Å². The van der Waals surface area contributed by atoms with Gasteiger partial charge in [-0.05, 0) is 28.1 Å². The third kappa shape index (κ3) is 4.84. The van der Waals surface area contributed by atoms with Gasteiger partial charge in [-0.2, -0.15) is 0 Å². The van der Waals surface area contributed by atoms with Crippen LogP contribution in [0, 0.1) is 0 Å². The van der Waals surface area contributed by atoms with Gasteiger partial charge in [-0.25, -0.2) is 24.9 Å². The quantitative estimate of drug-likeness (QED) is 0.169. The first-order valence-electron chi connectivity index (χ1n) is 15.6. The number of halogens is 1. The molecule has 4 heterocycles. The minimum absolute atomic E-state index is 0.614. The molecule has 7 heteroatoms. The van der Waals surface area contributed by atoms with Crippen LogP contribution in [0.1, 0.15) is 0 Å². The molecule has 0 fully saturated rings. The van der Waals surface area contributed by atoms with E-state index in [1.165, 1.54) is 0 Å². The molecule has 9 rings (SSSR count). The zero-order valence-electron chi connectivity index (χ0n) is 25.5. The molecule has 0 aliphatic carbocycles. The highest BCUT2D eigenvalue weighted by atomic mass is 79.9. The number of aromatic nitrogens is 6. The van der Waals surface area contributed by atoms with Gasteiger partial charge in [-0.15, -0.1) is 0 Å². The van der Waals surface area contributed by atoms with Crippen molar-refractivity contribution in [1.29, 1.82) is 0 Å². The first-order chi connectivity index (χ1) is 23.7. The molecule has 0 amide bonds. The molecule has 0 spiro atoms. The second-order valence-corrected chi connectivity index (χ2v) is 12.3. The predicted octanol–water partition coefficient (Wildman–Crippen LogP) is 10.3. The van der Waals surface area contributed by atoms with Crippen LogP contribution in [0.15, 0.2) is 156 Å². The average Bonchev–Trinajstić information content (AvgIpc) is 3.51. The first-order valence-corrected chi connectivity index (χ1v) is 16.4. The van der Waals surface area contributed by atoms with Crippen molar-refractivity contribution in [3.05, 3.63) is 156 Å². The second kappa shape index (κ2) is 11.6. The van der Waals surface area contributed by atoms with Crippen LogP contribution >= 0.6 is 15.9 Å². The van der Waals surface area contributed by atoms with Gasteiger partial charge in [0.2, 0.25) is 0 Å². The van der Waals surface area contributed by atoms with Crippen LogP contribution in [-0.4, -0.2) is 29.3 Å². The molecule has 0 N–H and O–H groups in total. The molecule has 0 bridgehead atoms. The van der Waals surface area contributed by atoms with E-state index >= 15 is 0 Å². The van der Waals surface area contributed by atoms with Crippen molar-refractivity contribution in [3.8, 4) is 56.7 Å². The van der Waals surface area contributed by atoms with E-state index < -0.39 is 0 Å². The molecular weight excluding hydrogens is 656 g/mol. The Bertz CT molecular complexity index is 2540. The maximum Gasteiger partial charge on any atom is 0.164 e. The molecule has 0 aliphatic heterocycles. The minimum Gasteiger partial charge on any atom is -0.293 e. The maximum atomic E-state index is 5.19. The van der Waals surface area contributed by atoms with Crippen molar-refractivity contribution in [2.24, 2.45) is 0 Å².